The summed E-state index contributed by atoms with van der Waals surface area (Å²) < 4.78 is 0. The Morgan fingerprint density at radius 2 is 2.33 bits per heavy atom. The van der Waals surface area contributed by atoms with Gasteiger partial charge in [0.1, 0.15) is 12.3 Å². The number of hydrogen-bond donors (Lipinski definition) is 2. The molecule has 0 aliphatic rings. The fraction of sp³-hybridized carbons (Fsp3) is 0.714. The molecule has 0 saturated carbocycles. The third kappa shape index (κ3) is 5.40. The Morgan fingerprint density at radius 1 is 1.75 bits per heavy atom. The number of carbonyl (C=O) groups is 1. The normalized spacial score (nSPS) is 15.6. The van der Waals surface area contributed by atoms with Crippen molar-refractivity contribution >= 4 is 17.7 Å². The van der Waals surface area contributed by atoms with Crippen molar-refractivity contribution in [1.29, 1.82) is 0 Å². The van der Waals surface area contributed by atoms with Crippen molar-refractivity contribution in [3.05, 3.63) is 6.92 Å². The molecular weight excluding hydrogens is 178 g/mol. The van der Waals surface area contributed by atoms with Gasteiger partial charge in [-0.2, -0.15) is 11.8 Å². The van der Waals surface area contributed by atoms with Crippen LogP contribution in [0.1, 0.15) is 6.42 Å². The lowest BCUT2D eigenvalue weighted by atomic mass is 10.2. The molecule has 0 bridgehead atoms. The minimum Gasteiger partial charge on any atom is -0.480 e. The van der Waals surface area contributed by atoms with E-state index in [-0.39, 0.29) is 0 Å². The van der Waals surface area contributed by atoms with Crippen molar-refractivity contribution < 1.29 is 15.0 Å². The molecule has 2 radical (unpaired) electrons. The van der Waals surface area contributed by atoms with Crippen molar-refractivity contribution in [2.45, 2.75) is 18.7 Å². The molecule has 0 amide bonds. The molecule has 2 atom stereocenters. The van der Waals surface area contributed by atoms with E-state index in [1.165, 1.54) is 0 Å². The Balaban J connectivity index is 3.78. The summed E-state index contributed by atoms with van der Waals surface area (Å²) in [6, 6.07) is -0.766. The van der Waals surface area contributed by atoms with Crippen molar-refractivity contribution in [2.75, 3.05) is 12.0 Å². The lowest BCUT2D eigenvalue weighted by Crippen LogP contribution is -2.41. The Hall–Kier alpha value is -0.260. The molecule has 0 saturated heterocycles. The van der Waals surface area contributed by atoms with Gasteiger partial charge in [0.15, 0.2) is 0 Å². The minimum atomic E-state index is -1.27. The summed E-state index contributed by atoms with van der Waals surface area (Å²) in [6.45, 7) is 3.13. The maximum absolute atomic E-state index is 10.5. The maximum atomic E-state index is 10.5. The van der Waals surface area contributed by atoms with E-state index in [1.54, 1.807) is 11.8 Å². The van der Waals surface area contributed by atoms with E-state index >= 15 is 0 Å². The highest BCUT2D eigenvalue weighted by Gasteiger charge is 2.17. The molecule has 70 valence electrons. The maximum Gasteiger partial charge on any atom is 0.320 e. The van der Waals surface area contributed by atoms with Crippen LogP contribution in [0.4, 0.5) is 0 Å². The third-order valence-corrected chi connectivity index (χ3v) is 1.94. The minimum absolute atomic E-state index is 0.449. The Morgan fingerprint density at radius 3 is 2.67 bits per heavy atom. The zero-order valence-electron chi connectivity index (χ0n) is 6.95. The standard InChI is InChI=1S/C7H13NO3S/c1-5(9)8-6(7(10)11)3-4-12-2/h5-6,8H,1,3-4H2,2H3,(H,10,11)/t5?,6-/m0/s1. The van der Waals surface area contributed by atoms with E-state index in [0.717, 1.165) is 5.75 Å². The molecule has 0 aromatic heterocycles. The van der Waals surface area contributed by atoms with E-state index < -0.39 is 18.2 Å². The van der Waals surface area contributed by atoms with Gasteiger partial charge in [-0.05, 0) is 25.4 Å². The molecule has 0 fully saturated rings. The van der Waals surface area contributed by atoms with Crippen molar-refractivity contribution in [3.63, 3.8) is 0 Å². The second-order valence-corrected chi connectivity index (χ2v) is 3.31. The Bertz CT molecular complexity index is 141. The van der Waals surface area contributed by atoms with Crippen LogP contribution in [-0.4, -0.2) is 35.4 Å². The monoisotopic (exact) mass is 191 g/mol. The van der Waals surface area contributed by atoms with Crippen LogP contribution >= 0.6 is 11.8 Å². The van der Waals surface area contributed by atoms with Gasteiger partial charge in [-0.3, -0.25) is 10.1 Å². The van der Waals surface area contributed by atoms with Gasteiger partial charge in [0.05, 0.1) is 0 Å². The van der Waals surface area contributed by atoms with Crippen LogP contribution in [0.15, 0.2) is 0 Å². The summed E-state index contributed by atoms with van der Waals surface area (Å²) in [6.07, 6.45) is 1.07. The SMILES string of the molecule is [CH2]C([O])N[C@@H](CCSC)C(=O)O. The Kier molecular flexibility index (Phi) is 6.14. The molecule has 5 heteroatoms. The number of aliphatic carboxylic acids is 1. The lowest BCUT2D eigenvalue weighted by molar-refractivity contribution is -0.140. The molecule has 0 aromatic carbocycles. The van der Waals surface area contributed by atoms with Crippen LogP contribution in [0.2, 0.25) is 0 Å². The van der Waals surface area contributed by atoms with Gasteiger partial charge in [-0.1, -0.05) is 0 Å². The summed E-state index contributed by atoms with van der Waals surface area (Å²) >= 11 is 1.55. The smallest absolute Gasteiger partial charge is 0.320 e. The number of thioether (sulfide) groups is 1. The zero-order chi connectivity index (χ0) is 9.56. The van der Waals surface area contributed by atoms with Gasteiger partial charge in [-0.15, -0.1) is 0 Å². The second kappa shape index (κ2) is 6.28. The molecule has 4 nitrogen and oxygen atoms in total. The highest BCUT2D eigenvalue weighted by Crippen LogP contribution is 2.01. The number of carboxylic acid groups (broad SMARTS) is 1. The Labute approximate surface area is 76.4 Å². The molecule has 1 unspecified atom stereocenters. The van der Waals surface area contributed by atoms with Crippen LogP contribution in [0.3, 0.4) is 0 Å². The molecule has 0 spiro atoms. The molecule has 0 heterocycles. The largest absolute Gasteiger partial charge is 0.480 e. The highest BCUT2D eigenvalue weighted by atomic mass is 32.2. The first kappa shape index (κ1) is 11.7. The topological polar surface area (TPSA) is 69.2 Å². The van der Waals surface area contributed by atoms with E-state index in [4.69, 9.17) is 5.11 Å². The van der Waals surface area contributed by atoms with Crippen LogP contribution < -0.4 is 5.32 Å². The summed E-state index contributed by atoms with van der Waals surface area (Å²) in [5, 5.41) is 21.5. The van der Waals surface area contributed by atoms with Gasteiger partial charge in [0.25, 0.3) is 0 Å². The van der Waals surface area contributed by atoms with E-state index in [2.05, 4.69) is 12.2 Å². The van der Waals surface area contributed by atoms with E-state index in [0.29, 0.717) is 6.42 Å². The summed E-state index contributed by atoms with van der Waals surface area (Å²) in [4.78, 5) is 10.5. The average Bonchev–Trinajstić information content (AvgIpc) is 1.96. The lowest BCUT2D eigenvalue weighted by Gasteiger charge is -2.14. The third-order valence-electron chi connectivity index (χ3n) is 1.30. The van der Waals surface area contributed by atoms with Gasteiger partial charge in [-0.25, -0.2) is 5.11 Å². The quantitative estimate of drug-likeness (QED) is 0.595. The summed E-state index contributed by atoms with van der Waals surface area (Å²) in [7, 11) is 0. The molecule has 0 aliphatic carbocycles. The predicted octanol–water partition coefficient (Wildman–Crippen LogP) is 0.373. The predicted molar refractivity (Wildman–Crippen MR) is 47.4 cm³/mol. The fourth-order valence-corrected chi connectivity index (χ4v) is 1.21. The first-order valence-corrected chi connectivity index (χ1v) is 4.94. The number of rotatable bonds is 6. The van der Waals surface area contributed by atoms with Crippen LogP contribution in [0.25, 0.3) is 0 Å². The summed E-state index contributed by atoms with van der Waals surface area (Å²) in [5.41, 5.74) is 0. The number of carboxylic acids is 1. The number of nitrogens with one attached hydrogen (secondary N) is 1. The van der Waals surface area contributed by atoms with E-state index in [1.807, 2.05) is 6.26 Å². The van der Waals surface area contributed by atoms with Crippen molar-refractivity contribution in [3.8, 4) is 0 Å². The second-order valence-electron chi connectivity index (χ2n) is 2.33. The van der Waals surface area contributed by atoms with Gasteiger partial charge < -0.3 is 5.11 Å². The fourth-order valence-electron chi connectivity index (χ4n) is 0.738. The van der Waals surface area contributed by atoms with Crippen molar-refractivity contribution in [1.82, 2.24) is 5.32 Å². The molecule has 2 N–H and O–H groups in total. The van der Waals surface area contributed by atoms with Crippen LogP contribution in [0, 0.1) is 6.92 Å². The average molecular weight is 191 g/mol. The molecule has 0 rings (SSSR count). The van der Waals surface area contributed by atoms with Gasteiger partial charge in [0.2, 0.25) is 0 Å². The van der Waals surface area contributed by atoms with Crippen LogP contribution in [0.5, 0.6) is 0 Å². The molecule has 0 aliphatic heterocycles. The first-order chi connectivity index (χ1) is 5.57. The zero-order valence-corrected chi connectivity index (χ0v) is 7.76. The molecular formula is C7H13NO3S. The summed E-state index contributed by atoms with van der Waals surface area (Å²) in [5.74, 6) is -0.273. The first-order valence-electron chi connectivity index (χ1n) is 3.54. The van der Waals surface area contributed by atoms with Gasteiger partial charge in [0, 0.05) is 0 Å². The number of hydrogen-bond acceptors (Lipinski definition) is 3. The van der Waals surface area contributed by atoms with Gasteiger partial charge >= 0.3 is 5.97 Å². The highest BCUT2D eigenvalue weighted by molar-refractivity contribution is 7.98. The van der Waals surface area contributed by atoms with Crippen LogP contribution in [-0.2, 0) is 9.90 Å². The van der Waals surface area contributed by atoms with Crippen molar-refractivity contribution in [2.24, 2.45) is 0 Å². The van der Waals surface area contributed by atoms with E-state index in [9.17, 15) is 9.90 Å². The molecule has 12 heavy (non-hydrogen) atoms. The molecule has 0 aromatic rings.